The Kier molecular flexibility index (Phi) is 18.7. The normalized spacial score (nSPS) is 14.2. The van der Waals surface area contributed by atoms with Crippen LogP contribution in [0.5, 0.6) is 0 Å². The van der Waals surface area contributed by atoms with E-state index in [-0.39, 0.29) is 95.1 Å². The Morgan fingerprint density at radius 2 is 1.23 bits per heavy atom. The van der Waals surface area contributed by atoms with Gasteiger partial charge in [-0.3, -0.25) is 0 Å². The summed E-state index contributed by atoms with van der Waals surface area (Å²) in [6.45, 7) is 3.17. The number of benzene rings is 1. The molecule has 6 nitrogen and oxygen atoms in total. The van der Waals surface area contributed by atoms with Gasteiger partial charge in [-0.05, 0) is 24.3 Å². The van der Waals surface area contributed by atoms with Crippen LogP contribution in [-0.4, -0.2) is 17.9 Å². The summed E-state index contributed by atoms with van der Waals surface area (Å²) in [5.74, 6) is -10.3. The summed E-state index contributed by atoms with van der Waals surface area (Å²) < 4.78 is 0. The molecule has 0 fully saturated rings. The number of hydrogen-bond donors (Lipinski definition) is 0. The fourth-order valence-corrected chi connectivity index (χ4v) is 3.09. The van der Waals surface area contributed by atoms with Gasteiger partial charge in [0.05, 0.1) is 0 Å². The van der Waals surface area contributed by atoms with Crippen LogP contribution in [0.1, 0.15) is 38.2 Å². The molecular weight excluding hydrogens is 369 g/mol. The molecule has 1 rings (SSSR count). The van der Waals surface area contributed by atoms with Crippen LogP contribution in [0.3, 0.4) is 0 Å². The second-order valence-electron chi connectivity index (χ2n) is 5.45. The molecule has 0 aliphatic carbocycles. The van der Waals surface area contributed by atoms with E-state index in [2.05, 4.69) is 0 Å². The first-order valence-electron chi connectivity index (χ1n) is 7.52. The molecule has 0 amide bonds. The predicted molar refractivity (Wildman–Crippen MR) is 75.3 cm³/mol. The monoisotopic (exact) mass is 388 g/mol. The molecule has 0 saturated heterocycles. The van der Waals surface area contributed by atoms with E-state index in [1.54, 1.807) is 37.3 Å². The van der Waals surface area contributed by atoms with E-state index in [1.807, 2.05) is 0 Å². The van der Waals surface area contributed by atoms with Crippen LogP contribution in [0.2, 0.25) is 0 Å². The van der Waals surface area contributed by atoms with Gasteiger partial charge < -0.3 is 29.7 Å². The van der Waals surface area contributed by atoms with Gasteiger partial charge in [0.25, 0.3) is 0 Å². The number of carbonyl (C=O) groups excluding carboxylic acids is 3. The maximum atomic E-state index is 11.6. The van der Waals surface area contributed by atoms with Crippen LogP contribution >= 0.6 is 0 Å². The third-order valence-electron chi connectivity index (χ3n) is 4.21. The molecule has 0 aliphatic rings. The summed E-state index contributed by atoms with van der Waals surface area (Å²) >= 11 is 0. The number of carbonyl (C=O) groups is 3. The molecule has 126 valence electrons. The average Bonchev–Trinajstić information content (AvgIpc) is 2.50. The van der Waals surface area contributed by atoms with Crippen LogP contribution in [0.15, 0.2) is 30.3 Å². The Hall–Kier alpha value is 0.630. The van der Waals surface area contributed by atoms with Gasteiger partial charge in [0.2, 0.25) is 0 Å². The average molecular weight is 388 g/mol. The van der Waals surface area contributed by atoms with Crippen LogP contribution in [-0.2, 0) is 14.4 Å². The quantitative estimate of drug-likeness (QED) is 0.388. The first-order chi connectivity index (χ1) is 10.8. The van der Waals surface area contributed by atoms with Crippen LogP contribution in [0.4, 0.5) is 0 Å². The summed E-state index contributed by atoms with van der Waals surface area (Å²) in [4.78, 5) is 34.4. The topological polar surface area (TPSA) is 120 Å². The molecule has 0 aromatic heterocycles. The summed E-state index contributed by atoms with van der Waals surface area (Å²) in [7, 11) is 0. The van der Waals surface area contributed by atoms with Gasteiger partial charge in [0, 0.05) is 35.7 Å². The van der Waals surface area contributed by atoms with E-state index in [0.29, 0.717) is 12.0 Å². The van der Waals surface area contributed by atoms with Gasteiger partial charge in [-0.2, -0.15) is 0 Å². The van der Waals surface area contributed by atoms with Crippen molar-refractivity contribution in [2.75, 3.05) is 0 Å². The Labute approximate surface area is 220 Å². The third kappa shape index (κ3) is 8.33. The molecule has 1 aromatic rings. The summed E-state index contributed by atoms with van der Waals surface area (Å²) in [5.41, 5.74) is 0.614. The smallest absolute Gasteiger partial charge is 0.550 e. The molecule has 9 heteroatoms. The fraction of sp³-hybridized carbons (Fsp3) is 0.471. The van der Waals surface area contributed by atoms with E-state index in [4.69, 9.17) is 0 Å². The number of hydrogen-bond acceptors (Lipinski definition) is 6. The van der Waals surface area contributed by atoms with Crippen LogP contribution in [0.25, 0.3) is 0 Å². The van der Waals surface area contributed by atoms with E-state index in [1.165, 1.54) is 6.92 Å². The zero-order valence-corrected chi connectivity index (χ0v) is 22.1. The zero-order valence-electron chi connectivity index (χ0n) is 16.1. The van der Waals surface area contributed by atoms with Crippen molar-refractivity contribution < 1.29 is 118 Å². The second kappa shape index (κ2) is 15.5. The molecule has 0 spiro atoms. The minimum absolute atomic E-state index is 0. The molecule has 0 aliphatic heterocycles. The molecule has 0 saturated carbocycles. The predicted octanol–water partition coefficient (Wildman–Crippen LogP) is -10.3. The van der Waals surface area contributed by atoms with E-state index in [0.717, 1.165) is 0 Å². The molecule has 0 N–H and O–H groups in total. The number of carboxylic acid groups (broad SMARTS) is 3. The van der Waals surface area contributed by atoms with Crippen LogP contribution < -0.4 is 104 Å². The van der Waals surface area contributed by atoms with E-state index >= 15 is 0 Å². The molecular formula is C17H19Na3O6. The van der Waals surface area contributed by atoms with Crippen molar-refractivity contribution in [2.24, 2.45) is 17.8 Å². The first kappa shape index (κ1) is 31.3. The molecule has 26 heavy (non-hydrogen) atoms. The van der Waals surface area contributed by atoms with Crippen molar-refractivity contribution in [3.05, 3.63) is 35.9 Å². The second-order valence-corrected chi connectivity index (χ2v) is 5.45. The molecule has 4 unspecified atom stereocenters. The molecule has 4 atom stereocenters. The summed E-state index contributed by atoms with van der Waals surface area (Å²) in [6.07, 6.45) is 0.242. The maximum Gasteiger partial charge on any atom is 1.00 e. The van der Waals surface area contributed by atoms with Gasteiger partial charge in [0.1, 0.15) is 0 Å². The maximum absolute atomic E-state index is 11.6. The summed E-state index contributed by atoms with van der Waals surface area (Å²) in [6, 6.07) is 8.51. The molecule has 0 radical (unpaired) electrons. The van der Waals surface area contributed by atoms with Crippen molar-refractivity contribution in [1.29, 1.82) is 0 Å². The van der Waals surface area contributed by atoms with Gasteiger partial charge in [-0.1, -0.05) is 44.2 Å². The van der Waals surface area contributed by atoms with Crippen molar-refractivity contribution in [2.45, 2.75) is 32.6 Å². The minimum Gasteiger partial charge on any atom is -0.550 e. The first-order valence-corrected chi connectivity index (χ1v) is 7.52. The Morgan fingerprint density at radius 3 is 1.54 bits per heavy atom. The molecule has 0 heterocycles. The third-order valence-corrected chi connectivity index (χ3v) is 4.21. The van der Waals surface area contributed by atoms with Crippen molar-refractivity contribution in [3.8, 4) is 0 Å². The van der Waals surface area contributed by atoms with Crippen LogP contribution in [0, 0.1) is 17.8 Å². The molecule has 1 aromatic carbocycles. The zero-order chi connectivity index (χ0) is 17.6. The Bertz CT molecular complexity index is 567. The minimum atomic E-state index is -1.72. The Balaban J connectivity index is -0.00000176. The van der Waals surface area contributed by atoms with Gasteiger partial charge >= 0.3 is 88.7 Å². The van der Waals surface area contributed by atoms with E-state index < -0.39 is 41.6 Å². The summed E-state index contributed by atoms with van der Waals surface area (Å²) in [5, 5.41) is 34.4. The number of aliphatic carboxylic acids is 3. The van der Waals surface area contributed by atoms with Crippen molar-refractivity contribution >= 4 is 17.9 Å². The Morgan fingerprint density at radius 1 is 0.769 bits per heavy atom. The standard InChI is InChI=1S/C17H22O6.3Na/c1-3-11(10-8-6-5-7-9-10)13(16(20)21)14(17(22)23)12(4-2)15(18)19;;;/h5-9,11-14H,3-4H2,1-2H3,(H,18,19)(H,20,21)(H,22,23);;;/q;3*+1/p-3. The molecule has 0 bridgehead atoms. The van der Waals surface area contributed by atoms with E-state index in [9.17, 15) is 29.7 Å². The van der Waals surface area contributed by atoms with Crippen molar-refractivity contribution in [1.82, 2.24) is 0 Å². The fourth-order valence-electron chi connectivity index (χ4n) is 3.09. The van der Waals surface area contributed by atoms with Gasteiger partial charge in [-0.25, -0.2) is 0 Å². The van der Waals surface area contributed by atoms with Crippen molar-refractivity contribution in [3.63, 3.8) is 0 Å². The number of rotatable bonds is 9. The largest absolute Gasteiger partial charge is 1.00 e. The van der Waals surface area contributed by atoms with Gasteiger partial charge in [0.15, 0.2) is 0 Å². The SMILES string of the molecule is CCC(C(=O)[O-])C(C(=O)[O-])C(C(=O)[O-])C(CC)c1ccccc1.[Na+].[Na+].[Na+]. The number of carboxylic acids is 3. The van der Waals surface area contributed by atoms with Gasteiger partial charge in [-0.15, -0.1) is 0 Å².